The van der Waals surface area contributed by atoms with Crippen LogP contribution in [0.5, 0.6) is 0 Å². The molecule has 0 saturated carbocycles. The van der Waals surface area contributed by atoms with Gasteiger partial charge in [-0.05, 0) is 23.5 Å². The highest BCUT2D eigenvalue weighted by atomic mass is 16.6. The Morgan fingerprint density at radius 2 is 1.63 bits per heavy atom. The molecule has 1 fully saturated rings. The second-order valence-electron chi connectivity index (χ2n) is 7.34. The molecular weight excluding hydrogens is 340 g/mol. The topological polar surface area (TPSA) is 58.6 Å². The summed E-state index contributed by atoms with van der Waals surface area (Å²) >= 11 is 0. The number of carbonyl (C=O) groups is 2. The predicted molar refractivity (Wildman–Crippen MR) is 104 cm³/mol. The molecule has 1 saturated heterocycles. The Morgan fingerprint density at radius 3 is 2.19 bits per heavy atom. The standard InChI is InChI=1S/C22H26N2O3/c1-16(2)13-19-20(21(25)23-19)24(14-17-9-5-3-6-10-17)22(26)27-15-18-11-7-4-8-12-18/h3-12,16,19-20H,13-15H2,1-2H3,(H,23,25)/t19-,20-/m1/s1. The van der Waals surface area contributed by atoms with E-state index < -0.39 is 12.1 Å². The fraction of sp³-hybridized carbons (Fsp3) is 0.364. The first kappa shape index (κ1) is 19.0. The van der Waals surface area contributed by atoms with Crippen LogP contribution < -0.4 is 5.32 Å². The Hall–Kier alpha value is -2.82. The van der Waals surface area contributed by atoms with Crippen LogP contribution in [0.15, 0.2) is 60.7 Å². The van der Waals surface area contributed by atoms with Gasteiger partial charge < -0.3 is 10.1 Å². The van der Waals surface area contributed by atoms with Gasteiger partial charge in [-0.25, -0.2) is 4.79 Å². The molecule has 5 heteroatoms. The third kappa shape index (κ3) is 4.88. The third-order valence-electron chi connectivity index (χ3n) is 4.67. The molecule has 27 heavy (non-hydrogen) atoms. The van der Waals surface area contributed by atoms with Crippen molar-refractivity contribution in [3.63, 3.8) is 0 Å². The summed E-state index contributed by atoms with van der Waals surface area (Å²) in [6.45, 7) is 4.75. The van der Waals surface area contributed by atoms with Gasteiger partial charge in [0.25, 0.3) is 0 Å². The SMILES string of the molecule is CC(C)C[C@H]1NC(=O)[C@@H]1N(Cc1ccccc1)C(=O)OCc1ccccc1. The fourth-order valence-electron chi connectivity index (χ4n) is 3.35. The van der Waals surface area contributed by atoms with Crippen molar-refractivity contribution >= 4 is 12.0 Å². The van der Waals surface area contributed by atoms with E-state index in [1.54, 1.807) is 4.90 Å². The average molecular weight is 366 g/mol. The lowest BCUT2D eigenvalue weighted by molar-refractivity contribution is -0.137. The van der Waals surface area contributed by atoms with Crippen molar-refractivity contribution in [2.75, 3.05) is 0 Å². The van der Waals surface area contributed by atoms with Crippen LogP contribution in [-0.4, -0.2) is 29.0 Å². The Bertz CT molecular complexity index is 762. The molecule has 142 valence electrons. The van der Waals surface area contributed by atoms with Gasteiger partial charge in [-0.2, -0.15) is 0 Å². The lowest BCUT2D eigenvalue weighted by Crippen LogP contribution is -2.70. The van der Waals surface area contributed by atoms with Crippen LogP contribution in [0.4, 0.5) is 4.79 Å². The van der Waals surface area contributed by atoms with Crippen molar-refractivity contribution in [3.8, 4) is 0 Å². The Morgan fingerprint density at radius 1 is 1.04 bits per heavy atom. The Labute approximate surface area is 160 Å². The number of nitrogens with one attached hydrogen (secondary N) is 1. The van der Waals surface area contributed by atoms with Gasteiger partial charge in [0.15, 0.2) is 0 Å². The molecular formula is C22H26N2O3. The molecule has 2 atom stereocenters. The van der Waals surface area contributed by atoms with Gasteiger partial charge in [-0.15, -0.1) is 0 Å². The summed E-state index contributed by atoms with van der Waals surface area (Å²) in [4.78, 5) is 26.7. The molecule has 3 rings (SSSR count). The summed E-state index contributed by atoms with van der Waals surface area (Å²) in [5, 5.41) is 2.93. The lowest BCUT2D eigenvalue weighted by Gasteiger charge is -2.43. The molecule has 0 aromatic heterocycles. The van der Waals surface area contributed by atoms with Crippen LogP contribution in [0.3, 0.4) is 0 Å². The minimum absolute atomic E-state index is 0.0366. The van der Waals surface area contributed by atoms with Gasteiger partial charge in [-0.1, -0.05) is 74.5 Å². The van der Waals surface area contributed by atoms with Gasteiger partial charge in [0.2, 0.25) is 5.91 Å². The molecule has 5 nitrogen and oxygen atoms in total. The van der Waals surface area contributed by atoms with Crippen LogP contribution in [0.2, 0.25) is 0 Å². The van der Waals surface area contributed by atoms with Gasteiger partial charge in [-0.3, -0.25) is 9.69 Å². The summed E-state index contributed by atoms with van der Waals surface area (Å²) in [6, 6.07) is 18.7. The normalized spacial score (nSPS) is 18.6. The second kappa shape index (κ2) is 8.71. The van der Waals surface area contributed by atoms with Gasteiger partial charge in [0, 0.05) is 6.54 Å². The van der Waals surface area contributed by atoms with Crippen molar-refractivity contribution in [3.05, 3.63) is 71.8 Å². The van der Waals surface area contributed by atoms with E-state index in [4.69, 9.17) is 4.74 Å². The summed E-state index contributed by atoms with van der Waals surface area (Å²) in [7, 11) is 0. The van der Waals surface area contributed by atoms with Crippen LogP contribution in [-0.2, 0) is 22.7 Å². The molecule has 0 unspecified atom stereocenters. The number of nitrogens with zero attached hydrogens (tertiary/aromatic N) is 1. The highest BCUT2D eigenvalue weighted by Crippen LogP contribution is 2.24. The summed E-state index contributed by atoms with van der Waals surface area (Å²) < 4.78 is 5.53. The number of rotatable bonds is 7. The second-order valence-corrected chi connectivity index (χ2v) is 7.34. The number of β-lactam (4-membered cyclic amide) rings is 1. The number of ether oxygens (including phenoxy) is 1. The monoisotopic (exact) mass is 366 g/mol. The van der Waals surface area contributed by atoms with Crippen LogP contribution in [0, 0.1) is 5.92 Å². The molecule has 0 aliphatic carbocycles. The number of hydrogen-bond donors (Lipinski definition) is 1. The van der Waals surface area contributed by atoms with E-state index in [1.807, 2.05) is 60.7 Å². The largest absolute Gasteiger partial charge is 0.445 e. The van der Waals surface area contributed by atoms with Gasteiger partial charge >= 0.3 is 6.09 Å². The van der Waals surface area contributed by atoms with Crippen molar-refractivity contribution in [2.45, 2.75) is 45.5 Å². The van der Waals surface area contributed by atoms with Crippen LogP contribution in [0.25, 0.3) is 0 Å². The molecule has 0 spiro atoms. The molecule has 1 N–H and O–H groups in total. The van der Waals surface area contributed by atoms with Crippen LogP contribution >= 0.6 is 0 Å². The van der Waals surface area contributed by atoms with E-state index >= 15 is 0 Å². The van der Waals surface area contributed by atoms with Crippen molar-refractivity contribution < 1.29 is 14.3 Å². The van der Waals surface area contributed by atoms with E-state index in [0.717, 1.165) is 17.5 Å². The third-order valence-corrected chi connectivity index (χ3v) is 4.67. The van der Waals surface area contributed by atoms with Crippen molar-refractivity contribution in [1.29, 1.82) is 0 Å². The van der Waals surface area contributed by atoms with Gasteiger partial charge in [0.05, 0.1) is 6.04 Å². The van der Waals surface area contributed by atoms with E-state index in [-0.39, 0.29) is 18.6 Å². The maximum atomic E-state index is 12.9. The van der Waals surface area contributed by atoms with Crippen LogP contribution in [0.1, 0.15) is 31.4 Å². The lowest BCUT2D eigenvalue weighted by atomic mass is 9.89. The number of benzene rings is 2. The fourth-order valence-corrected chi connectivity index (χ4v) is 3.35. The quantitative estimate of drug-likeness (QED) is 0.760. The minimum atomic E-state index is -0.490. The van der Waals surface area contributed by atoms with E-state index in [2.05, 4.69) is 19.2 Å². The van der Waals surface area contributed by atoms with E-state index in [0.29, 0.717) is 12.5 Å². The van der Waals surface area contributed by atoms with E-state index in [9.17, 15) is 9.59 Å². The first-order chi connectivity index (χ1) is 13.0. The Kier molecular flexibility index (Phi) is 6.12. The zero-order valence-electron chi connectivity index (χ0n) is 15.8. The average Bonchev–Trinajstić information content (AvgIpc) is 2.66. The molecule has 1 heterocycles. The molecule has 2 amide bonds. The molecule has 2 aromatic rings. The smallest absolute Gasteiger partial charge is 0.411 e. The summed E-state index contributed by atoms with van der Waals surface area (Å²) in [5.41, 5.74) is 1.89. The zero-order valence-corrected chi connectivity index (χ0v) is 15.8. The molecule has 0 radical (unpaired) electrons. The van der Waals surface area contributed by atoms with Gasteiger partial charge in [0.1, 0.15) is 12.6 Å². The minimum Gasteiger partial charge on any atom is -0.445 e. The van der Waals surface area contributed by atoms with Crippen molar-refractivity contribution in [1.82, 2.24) is 10.2 Å². The molecule has 0 bridgehead atoms. The maximum absolute atomic E-state index is 12.9. The zero-order chi connectivity index (χ0) is 19.2. The highest BCUT2D eigenvalue weighted by Gasteiger charge is 2.45. The first-order valence-electron chi connectivity index (χ1n) is 9.36. The Balaban J connectivity index is 1.74. The number of hydrogen-bond acceptors (Lipinski definition) is 3. The highest BCUT2D eigenvalue weighted by molar-refractivity contribution is 5.92. The predicted octanol–water partition coefficient (Wildman–Crippen LogP) is 3.74. The molecule has 1 aliphatic heterocycles. The molecule has 1 aliphatic rings. The number of amides is 2. The summed E-state index contributed by atoms with van der Waals surface area (Å²) in [5.74, 6) is 0.310. The molecule has 2 aromatic carbocycles. The summed E-state index contributed by atoms with van der Waals surface area (Å²) in [6.07, 6.45) is 0.365. The maximum Gasteiger partial charge on any atom is 0.411 e. The van der Waals surface area contributed by atoms with Crippen molar-refractivity contribution in [2.24, 2.45) is 5.92 Å². The number of carbonyl (C=O) groups excluding carboxylic acids is 2. The first-order valence-corrected chi connectivity index (χ1v) is 9.36. The van der Waals surface area contributed by atoms with E-state index in [1.165, 1.54) is 0 Å².